The molecule has 6 nitrogen and oxygen atoms in total. The van der Waals surface area contributed by atoms with Gasteiger partial charge in [0, 0.05) is 58.2 Å². The van der Waals surface area contributed by atoms with E-state index in [0.29, 0.717) is 31.4 Å². The maximum Gasteiger partial charge on any atom is 0.416 e. The summed E-state index contributed by atoms with van der Waals surface area (Å²) in [5, 5.41) is 3.11. The predicted molar refractivity (Wildman–Crippen MR) is 110 cm³/mol. The molecule has 1 aliphatic rings. The zero-order valence-corrected chi connectivity index (χ0v) is 17.0. The van der Waals surface area contributed by atoms with Crippen LogP contribution in [-0.4, -0.2) is 69.9 Å². The van der Waals surface area contributed by atoms with Gasteiger partial charge in [0.1, 0.15) is 0 Å². The maximum absolute atomic E-state index is 12.9. The summed E-state index contributed by atoms with van der Waals surface area (Å²) in [7, 11) is 0. The van der Waals surface area contributed by atoms with Crippen molar-refractivity contribution in [3.8, 4) is 0 Å². The summed E-state index contributed by atoms with van der Waals surface area (Å²) in [6.07, 6.45) is -2.52. The molecular weight excluding hydrogens is 383 g/mol. The van der Waals surface area contributed by atoms with Crippen molar-refractivity contribution in [2.45, 2.75) is 25.9 Å². The van der Waals surface area contributed by atoms with E-state index in [4.69, 9.17) is 10.5 Å². The number of rotatable bonds is 10. The number of halogens is 3. The number of aliphatic imine (C=N–C) groups is 1. The lowest BCUT2D eigenvalue weighted by Crippen LogP contribution is -2.47. The van der Waals surface area contributed by atoms with Gasteiger partial charge in [0.05, 0.1) is 5.56 Å². The average Bonchev–Trinajstić information content (AvgIpc) is 2.71. The number of guanidine groups is 1. The van der Waals surface area contributed by atoms with E-state index < -0.39 is 11.7 Å². The van der Waals surface area contributed by atoms with Crippen LogP contribution in [0.15, 0.2) is 29.3 Å². The fourth-order valence-corrected chi connectivity index (χ4v) is 3.19. The van der Waals surface area contributed by atoms with Gasteiger partial charge in [-0.25, -0.2) is 0 Å². The van der Waals surface area contributed by atoms with Gasteiger partial charge in [-0.1, -0.05) is 6.07 Å². The summed E-state index contributed by atoms with van der Waals surface area (Å²) >= 11 is 0. The average molecular weight is 416 g/mol. The molecule has 0 unspecified atom stereocenters. The third kappa shape index (κ3) is 8.49. The molecule has 0 aromatic heterocycles. The van der Waals surface area contributed by atoms with Crippen LogP contribution in [0.1, 0.15) is 25.3 Å². The number of hydrogen-bond acceptors (Lipinski definition) is 4. The summed E-state index contributed by atoms with van der Waals surface area (Å²) in [5.41, 5.74) is 5.87. The molecule has 1 heterocycles. The molecule has 2 rings (SSSR count). The van der Waals surface area contributed by atoms with Gasteiger partial charge in [0.2, 0.25) is 0 Å². The number of nitrogens with zero attached hydrogens (tertiary/aromatic N) is 3. The SMILES string of the molecule is CCOCCCN=C(N)NCCCN1CCN(c2cccc(C(F)(F)F)c2)CC1. The first-order valence-corrected chi connectivity index (χ1v) is 10.2. The lowest BCUT2D eigenvalue weighted by atomic mass is 10.1. The Labute approximate surface area is 170 Å². The molecule has 9 heteroatoms. The predicted octanol–water partition coefficient (Wildman–Crippen LogP) is 2.55. The standard InChI is InChI=1S/C20H32F3N5O/c1-2-29-15-5-9-26-19(24)25-8-4-10-27-11-13-28(14-12-27)18-7-3-6-17(16-18)20(21,22)23/h3,6-7,16H,2,4-5,8-15H2,1H3,(H3,24,25,26). The fourth-order valence-electron chi connectivity index (χ4n) is 3.19. The van der Waals surface area contributed by atoms with Crippen LogP contribution in [0.3, 0.4) is 0 Å². The van der Waals surface area contributed by atoms with E-state index >= 15 is 0 Å². The molecule has 1 fully saturated rings. The van der Waals surface area contributed by atoms with Gasteiger partial charge >= 0.3 is 6.18 Å². The summed E-state index contributed by atoms with van der Waals surface area (Å²) < 4.78 is 43.9. The highest BCUT2D eigenvalue weighted by Gasteiger charge is 2.31. The van der Waals surface area contributed by atoms with Crippen molar-refractivity contribution in [3.63, 3.8) is 0 Å². The van der Waals surface area contributed by atoms with E-state index in [2.05, 4.69) is 15.2 Å². The minimum atomic E-state index is -4.31. The first-order valence-electron chi connectivity index (χ1n) is 10.2. The molecule has 1 saturated heterocycles. The first kappa shape index (κ1) is 23.3. The third-order valence-electron chi connectivity index (χ3n) is 4.80. The van der Waals surface area contributed by atoms with E-state index in [1.165, 1.54) is 12.1 Å². The Bertz CT molecular complexity index is 631. The van der Waals surface area contributed by atoms with E-state index in [-0.39, 0.29) is 0 Å². The Balaban J connectivity index is 1.63. The maximum atomic E-state index is 12.9. The summed E-state index contributed by atoms with van der Waals surface area (Å²) in [4.78, 5) is 8.58. The number of piperazine rings is 1. The number of anilines is 1. The molecule has 0 aliphatic carbocycles. The van der Waals surface area contributed by atoms with Crippen LogP contribution in [0.4, 0.5) is 18.9 Å². The number of benzene rings is 1. The van der Waals surface area contributed by atoms with Crippen LogP contribution >= 0.6 is 0 Å². The van der Waals surface area contributed by atoms with E-state index in [1.807, 2.05) is 11.8 Å². The molecule has 1 aliphatic heterocycles. The zero-order valence-electron chi connectivity index (χ0n) is 17.0. The second-order valence-electron chi connectivity index (χ2n) is 6.97. The highest BCUT2D eigenvalue weighted by molar-refractivity contribution is 5.77. The molecule has 0 spiro atoms. The molecule has 1 aromatic rings. The highest BCUT2D eigenvalue weighted by Crippen LogP contribution is 2.31. The first-order chi connectivity index (χ1) is 13.9. The van der Waals surface area contributed by atoms with Crippen molar-refractivity contribution >= 4 is 11.6 Å². The normalized spacial score (nSPS) is 16.3. The third-order valence-corrected chi connectivity index (χ3v) is 4.80. The minimum Gasteiger partial charge on any atom is -0.382 e. The smallest absolute Gasteiger partial charge is 0.382 e. The zero-order chi connectivity index (χ0) is 21.1. The minimum absolute atomic E-state index is 0.455. The van der Waals surface area contributed by atoms with Crippen molar-refractivity contribution in [3.05, 3.63) is 29.8 Å². The Kier molecular flexibility index (Phi) is 9.53. The second-order valence-corrected chi connectivity index (χ2v) is 6.97. The van der Waals surface area contributed by atoms with E-state index in [0.717, 1.165) is 58.2 Å². The number of hydrogen-bond donors (Lipinski definition) is 2. The number of alkyl halides is 3. The van der Waals surface area contributed by atoms with Gasteiger partial charge in [0.15, 0.2) is 5.96 Å². The second kappa shape index (κ2) is 11.9. The Hall–Kier alpha value is -2.00. The van der Waals surface area contributed by atoms with Crippen LogP contribution in [-0.2, 0) is 10.9 Å². The van der Waals surface area contributed by atoms with Crippen LogP contribution in [0.2, 0.25) is 0 Å². The van der Waals surface area contributed by atoms with Crippen molar-refractivity contribution in [1.82, 2.24) is 10.2 Å². The van der Waals surface area contributed by atoms with Gasteiger partial charge < -0.3 is 20.7 Å². The van der Waals surface area contributed by atoms with Crippen molar-refractivity contribution in [1.29, 1.82) is 0 Å². The molecule has 0 bridgehead atoms. The van der Waals surface area contributed by atoms with Gasteiger partial charge in [-0.15, -0.1) is 0 Å². The lowest BCUT2D eigenvalue weighted by molar-refractivity contribution is -0.137. The molecule has 0 saturated carbocycles. The number of nitrogens with one attached hydrogen (secondary N) is 1. The summed E-state index contributed by atoms with van der Waals surface area (Å²) in [6.45, 7) is 8.78. The van der Waals surface area contributed by atoms with Crippen LogP contribution in [0.25, 0.3) is 0 Å². The van der Waals surface area contributed by atoms with Gasteiger partial charge in [-0.05, 0) is 44.5 Å². The van der Waals surface area contributed by atoms with Gasteiger partial charge in [0.25, 0.3) is 0 Å². The molecule has 0 atom stereocenters. The molecule has 0 radical (unpaired) electrons. The van der Waals surface area contributed by atoms with E-state index in [9.17, 15) is 13.2 Å². The number of nitrogens with two attached hydrogens (primary N) is 1. The van der Waals surface area contributed by atoms with Crippen molar-refractivity contribution < 1.29 is 17.9 Å². The van der Waals surface area contributed by atoms with Crippen LogP contribution in [0, 0.1) is 0 Å². The summed E-state index contributed by atoms with van der Waals surface area (Å²) in [6, 6.07) is 5.56. The molecular formula is C20H32F3N5O. The largest absolute Gasteiger partial charge is 0.416 e. The topological polar surface area (TPSA) is 66.1 Å². The van der Waals surface area contributed by atoms with Crippen molar-refractivity contribution in [2.24, 2.45) is 10.7 Å². The molecule has 164 valence electrons. The molecule has 0 amide bonds. The fraction of sp³-hybridized carbons (Fsp3) is 0.650. The monoisotopic (exact) mass is 415 g/mol. The van der Waals surface area contributed by atoms with Crippen molar-refractivity contribution in [2.75, 3.05) is 63.9 Å². The van der Waals surface area contributed by atoms with Gasteiger partial charge in [-0.2, -0.15) is 13.2 Å². The molecule has 29 heavy (non-hydrogen) atoms. The number of ether oxygens (including phenoxy) is 1. The lowest BCUT2D eigenvalue weighted by Gasteiger charge is -2.36. The van der Waals surface area contributed by atoms with Gasteiger partial charge in [-0.3, -0.25) is 9.89 Å². The van der Waals surface area contributed by atoms with Crippen LogP contribution < -0.4 is 16.0 Å². The highest BCUT2D eigenvalue weighted by atomic mass is 19.4. The molecule has 1 aromatic carbocycles. The Morgan fingerprint density at radius 2 is 1.97 bits per heavy atom. The quantitative estimate of drug-likeness (QED) is 0.349. The Morgan fingerprint density at radius 1 is 1.21 bits per heavy atom. The summed E-state index contributed by atoms with van der Waals surface area (Å²) in [5.74, 6) is 0.455. The Morgan fingerprint density at radius 3 is 2.66 bits per heavy atom. The van der Waals surface area contributed by atoms with Crippen LogP contribution in [0.5, 0.6) is 0 Å². The molecule has 3 N–H and O–H groups in total. The van der Waals surface area contributed by atoms with E-state index in [1.54, 1.807) is 6.07 Å².